The van der Waals surface area contributed by atoms with Crippen LogP contribution in [0.2, 0.25) is 0 Å². The summed E-state index contributed by atoms with van der Waals surface area (Å²) in [5.74, 6) is -1.50. The van der Waals surface area contributed by atoms with Crippen molar-refractivity contribution in [3.63, 3.8) is 0 Å². The Morgan fingerprint density at radius 2 is 2.25 bits per heavy atom. The van der Waals surface area contributed by atoms with Crippen LogP contribution in [0, 0.1) is 5.82 Å². The number of hydrogen-bond acceptors (Lipinski definition) is 3. The molecule has 2 rings (SSSR count). The van der Waals surface area contributed by atoms with Crippen LogP contribution in [-0.4, -0.2) is 23.6 Å². The van der Waals surface area contributed by atoms with E-state index in [1.54, 1.807) is 0 Å². The van der Waals surface area contributed by atoms with E-state index < -0.39 is 11.6 Å². The summed E-state index contributed by atoms with van der Waals surface area (Å²) in [4.78, 5) is 12.9. The minimum absolute atomic E-state index is 0.157. The van der Waals surface area contributed by atoms with Gasteiger partial charge >= 0.3 is 0 Å². The fraction of sp³-hybridized carbons (Fsp3) is 0.300. The third-order valence-corrected chi connectivity index (χ3v) is 2.91. The number of carbonyl (C=O) groups is 1. The van der Waals surface area contributed by atoms with Crippen molar-refractivity contribution >= 4 is 27.5 Å². The SMILES string of the molecule is NC1CC(=O)N(c2cc(Br)cc(F)c2O)C1. The Morgan fingerprint density at radius 3 is 2.81 bits per heavy atom. The fourth-order valence-electron chi connectivity index (χ4n) is 1.73. The maximum absolute atomic E-state index is 13.3. The summed E-state index contributed by atoms with van der Waals surface area (Å²) < 4.78 is 13.7. The highest BCUT2D eigenvalue weighted by atomic mass is 79.9. The molecule has 1 saturated heterocycles. The summed E-state index contributed by atoms with van der Waals surface area (Å²) in [6.45, 7) is 0.294. The summed E-state index contributed by atoms with van der Waals surface area (Å²) in [6, 6.07) is 2.36. The number of carbonyl (C=O) groups excluding carboxylic acids is 1. The number of hydrogen-bond donors (Lipinski definition) is 2. The molecule has 1 aromatic rings. The van der Waals surface area contributed by atoms with Crippen LogP contribution < -0.4 is 10.6 Å². The first kappa shape index (κ1) is 11.3. The molecule has 3 N–H and O–H groups in total. The van der Waals surface area contributed by atoms with Gasteiger partial charge in [-0.3, -0.25) is 4.79 Å². The van der Waals surface area contributed by atoms with Gasteiger partial charge in [0.05, 0.1) is 5.69 Å². The molecular formula is C10H10BrFN2O2. The standard InChI is InChI=1S/C10H10BrFN2O2/c11-5-1-7(12)10(16)8(2-5)14-4-6(13)3-9(14)15/h1-2,6,16H,3-4,13H2. The van der Waals surface area contributed by atoms with E-state index in [2.05, 4.69) is 15.9 Å². The first-order valence-electron chi connectivity index (χ1n) is 4.73. The number of amides is 1. The van der Waals surface area contributed by atoms with Crippen molar-refractivity contribution < 1.29 is 14.3 Å². The molecule has 1 atom stereocenters. The van der Waals surface area contributed by atoms with Crippen molar-refractivity contribution in [1.29, 1.82) is 0 Å². The van der Waals surface area contributed by atoms with E-state index in [1.165, 1.54) is 11.0 Å². The maximum atomic E-state index is 13.3. The van der Waals surface area contributed by atoms with Gasteiger partial charge in [-0.25, -0.2) is 4.39 Å². The van der Waals surface area contributed by atoms with Gasteiger partial charge in [0.15, 0.2) is 11.6 Å². The minimum atomic E-state index is -0.766. The Labute approximate surface area is 100.0 Å². The number of nitrogens with two attached hydrogens (primary N) is 1. The molecule has 1 fully saturated rings. The molecule has 0 bridgehead atoms. The average Bonchev–Trinajstić information content (AvgIpc) is 2.51. The maximum Gasteiger partial charge on any atom is 0.228 e. The summed E-state index contributed by atoms with van der Waals surface area (Å²) in [5.41, 5.74) is 5.79. The highest BCUT2D eigenvalue weighted by Crippen LogP contribution is 2.35. The topological polar surface area (TPSA) is 66.6 Å². The lowest BCUT2D eigenvalue weighted by Crippen LogP contribution is -2.28. The lowest BCUT2D eigenvalue weighted by atomic mass is 10.2. The van der Waals surface area contributed by atoms with Crippen molar-refractivity contribution in [3.05, 3.63) is 22.4 Å². The van der Waals surface area contributed by atoms with Crippen LogP contribution in [0.15, 0.2) is 16.6 Å². The van der Waals surface area contributed by atoms with Crippen molar-refractivity contribution in [2.45, 2.75) is 12.5 Å². The van der Waals surface area contributed by atoms with Crippen molar-refractivity contribution in [2.75, 3.05) is 11.4 Å². The Hall–Kier alpha value is -1.14. The molecule has 86 valence electrons. The van der Waals surface area contributed by atoms with E-state index in [-0.39, 0.29) is 24.1 Å². The molecule has 1 heterocycles. The molecular weight excluding hydrogens is 279 g/mol. The summed E-state index contributed by atoms with van der Waals surface area (Å²) in [5, 5.41) is 9.56. The van der Waals surface area contributed by atoms with Gasteiger partial charge in [0.2, 0.25) is 5.91 Å². The van der Waals surface area contributed by atoms with E-state index >= 15 is 0 Å². The third-order valence-electron chi connectivity index (χ3n) is 2.45. The normalized spacial score (nSPS) is 20.6. The first-order valence-corrected chi connectivity index (χ1v) is 5.52. The van der Waals surface area contributed by atoms with Gasteiger partial charge in [-0.15, -0.1) is 0 Å². The van der Waals surface area contributed by atoms with E-state index in [0.717, 1.165) is 6.07 Å². The Kier molecular flexibility index (Phi) is 2.86. The Morgan fingerprint density at radius 1 is 1.56 bits per heavy atom. The molecule has 0 aliphatic carbocycles. The largest absolute Gasteiger partial charge is 0.503 e. The van der Waals surface area contributed by atoms with Crippen LogP contribution in [0.3, 0.4) is 0 Å². The zero-order valence-corrected chi connectivity index (χ0v) is 9.87. The monoisotopic (exact) mass is 288 g/mol. The number of benzene rings is 1. The van der Waals surface area contributed by atoms with Crippen LogP contribution in [0.1, 0.15) is 6.42 Å². The molecule has 1 aromatic carbocycles. The zero-order chi connectivity index (χ0) is 11.9. The van der Waals surface area contributed by atoms with E-state index in [0.29, 0.717) is 11.0 Å². The second-order valence-corrected chi connectivity index (χ2v) is 4.64. The second kappa shape index (κ2) is 4.03. The van der Waals surface area contributed by atoms with Gasteiger partial charge in [-0.2, -0.15) is 0 Å². The van der Waals surface area contributed by atoms with Crippen LogP contribution in [-0.2, 0) is 4.79 Å². The summed E-state index contributed by atoms with van der Waals surface area (Å²) >= 11 is 3.11. The number of aromatic hydroxyl groups is 1. The first-order chi connectivity index (χ1) is 7.49. The molecule has 0 saturated carbocycles. The number of phenols is 1. The predicted octanol–water partition coefficient (Wildman–Crippen LogP) is 1.36. The number of halogens is 2. The summed E-state index contributed by atoms with van der Waals surface area (Å²) in [6.07, 6.45) is 0.216. The Bertz CT molecular complexity index is 453. The molecule has 0 aromatic heterocycles. The molecule has 1 aliphatic heterocycles. The third kappa shape index (κ3) is 1.90. The van der Waals surface area contributed by atoms with Gasteiger partial charge in [0.1, 0.15) is 0 Å². The molecule has 0 spiro atoms. The molecule has 1 aliphatic rings. The molecule has 1 amide bonds. The fourth-order valence-corrected chi connectivity index (χ4v) is 2.14. The number of nitrogens with zero attached hydrogens (tertiary/aromatic N) is 1. The second-order valence-electron chi connectivity index (χ2n) is 3.72. The van der Waals surface area contributed by atoms with Crippen molar-refractivity contribution in [2.24, 2.45) is 5.73 Å². The lowest BCUT2D eigenvalue weighted by Gasteiger charge is -2.18. The highest BCUT2D eigenvalue weighted by molar-refractivity contribution is 9.10. The molecule has 4 nitrogen and oxygen atoms in total. The number of anilines is 1. The molecule has 16 heavy (non-hydrogen) atoms. The van der Waals surface area contributed by atoms with E-state index in [9.17, 15) is 14.3 Å². The smallest absolute Gasteiger partial charge is 0.228 e. The van der Waals surface area contributed by atoms with Crippen molar-refractivity contribution in [3.8, 4) is 5.75 Å². The van der Waals surface area contributed by atoms with Crippen LogP contribution in [0.5, 0.6) is 5.75 Å². The predicted molar refractivity (Wildman–Crippen MR) is 60.7 cm³/mol. The molecule has 1 unspecified atom stereocenters. The summed E-state index contributed by atoms with van der Waals surface area (Å²) in [7, 11) is 0. The van der Waals surface area contributed by atoms with E-state index in [1.807, 2.05) is 0 Å². The van der Waals surface area contributed by atoms with E-state index in [4.69, 9.17) is 5.73 Å². The van der Waals surface area contributed by atoms with Crippen molar-refractivity contribution in [1.82, 2.24) is 0 Å². The molecule has 0 radical (unpaired) electrons. The van der Waals surface area contributed by atoms with Crippen LogP contribution >= 0.6 is 15.9 Å². The van der Waals surface area contributed by atoms with Gasteiger partial charge in [0, 0.05) is 23.5 Å². The average molecular weight is 289 g/mol. The van der Waals surface area contributed by atoms with Crippen LogP contribution in [0.25, 0.3) is 0 Å². The Balaban J connectivity index is 2.44. The zero-order valence-electron chi connectivity index (χ0n) is 8.28. The number of phenolic OH excluding ortho intramolecular Hbond substituents is 1. The van der Waals surface area contributed by atoms with Gasteiger partial charge in [-0.05, 0) is 12.1 Å². The van der Waals surface area contributed by atoms with Gasteiger partial charge in [-0.1, -0.05) is 15.9 Å². The number of rotatable bonds is 1. The molecule has 6 heteroatoms. The highest BCUT2D eigenvalue weighted by Gasteiger charge is 2.30. The van der Waals surface area contributed by atoms with Gasteiger partial charge < -0.3 is 15.7 Å². The van der Waals surface area contributed by atoms with Crippen LogP contribution in [0.4, 0.5) is 10.1 Å². The lowest BCUT2D eigenvalue weighted by molar-refractivity contribution is -0.117. The quantitative estimate of drug-likeness (QED) is 0.820. The minimum Gasteiger partial charge on any atom is -0.503 e. The van der Waals surface area contributed by atoms with Gasteiger partial charge in [0.25, 0.3) is 0 Å².